The lowest BCUT2D eigenvalue weighted by molar-refractivity contribution is -0.383. The molecule has 0 bridgehead atoms. The van der Waals surface area contributed by atoms with Crippen LogP contribution in [0.5, 0.6) is 5.75 Å². The number of para-hydroxylation sites is 3. The molecule has 0 unspecified atom stereocenters. The molecule has 1 aromatic heterocycles. The molecule has 0 aliphatic carbocycles. The van der Waals surface area contributed by atoms with Gasteiger partial charge in [0, 0.05) is 11.5 Å². The highest BCUT2D eigenvalue weighted by Gasteiger charge is 2.14. The molecule has 0 radical (unpaired) electrons. The number of benzene rings is 2. The van der Waals surface area contributed by atoms with Gasteiger partial charge in [-0.3, -0.25) is 15.5 Å². The van der Waals surface area contributed by atoms with Gasteiger partial charge in [0.15, 0.2) is 22.2 Å². The minimum absolute atomic E-state index is 0.0771. The number of anilines is 1. The maximum atomic E-state index is 11.0. The number of nitrogens with one attached hydrogen (secondary N) is 2. The highest BCUT2D eigenvalue weighted by Crippen LogP contribution is 2.28. The smallest absolute Gasteiger partial charge is 0.292 e. The van der Waals surface area contributed by atoms with Crippen molar-refractivity contribution in [3.8, 4) is 5.75 Å². The maximum Gasteiger partial charge on any atom is 0.292 e. The van der Waals surface area contributed by atoms with E-state index in [0.29, 0.717) is 22.8 Å². The number of rotatable bonds is 5. The lowest BCUT2D eigenvalue weighted by Gasteiger charge is -2.07. The number of furan rings is 1. The topological polar surface area (TPSA) is 102 Å². The zero-order chi connectivity index (χ0) is 19.4. The summed E-state index contributed by atoms with van der Waals surface area (Å²) in [6, 6.07) is 13.6. The summed E-state index contributed by atoms with van der Waals surface area (Å²) in [4.78, 5) is 10.6. The highest BCUT2D eigenvalue weighted by molar-refractivity contribution is 7.80. The van der Waals surface area contributed by atoms with E-state index in [2.05, 4.69) is 15.8 Å². The molecule has 0 amide bonds. The number of nitrogens with zero attached hydrogens (tertiary/aromatic N) is 2. The summed E-state index contributed by atoms with van der Waals surface area (Å²) >= 11 is 5.15. The molecule has 27 heavy (non-hydrogen) atoms. The van der Waals surface area contributed by atoms with Crippen LogP contribution in [0, 0.1) is 10.1 Å². The summed E-state index contributed by atoms with van der Waals surface area (Å²) in [6.07, 6.45) is 0. The molecule has 138 valence electrons. The van der Waals surface area contributed by atoms with E-state index >= 15 is 0 Å². The van der Waals surface area contributed by atoms with Crippen LogP contribution in [0.15, 0.2) is 58.0 Å². The second-order valence-corrected chi connectivity index (χ2v) is 5.93. The van der Waals surface area contributed by atoms with E-state index < -0.39 is 4.92 Å². The average molecular weight is 384 g/mol. The Hall–Kier alpha value is -3.46. The first-order chi connectivity index (χ1) is 13.0. The van der Waals surface area contributed by atoms with E-state index in [9.17, 15) is 10.1 Å². The van der Waals surface area contributed by atoms with Gasteiger partial charge in [-0.1, -0.05) is 24.3 Å². The Bertz CT molecular complexity index is 1040. The molecule has 3 rings (SSSR count). The van der Waals surface area contributed by atoms with Crippen LogP contribution in [0.2, 0.25) is 0 Å². The van der Waals surface area contributed by atoms with Crippen molar-refractivity contribution in [2.45, 2.75) is 6.92 Å². The zero-order valence-electron chi connectivity index (χ0n) is 14.6. The van der Waals surface area contributed by atoms with Crippen LogP contribution in [-0.4, -0.2) is 22.9 Å². The first kappa shape index (κ1) is 18.3. The second-order valence-electron chi connectivity index (χ2n) is 5.53. The fourth-order valence-electron chi connectivity index (χ4n) is 2.45. The monoisotopic (exact) mass is 384 g/mol. The largest absolute Gasteiger partial charge is 0.493 e. The number of hydrogen-bond acceptors (Lipinski definition) is 6. The van der Waals surface area contributed by atoms with Crippen molar-refractivity contribution in [3.63, 3.8) is 0 Å². The standard InChI is InChI=1S/C18H16N4O4S/c1-11(16-10-12-6-5-9-15(25-2)17(12)26-16)20-21-18(27)19-13-7-3-4-8-14(13)22(23)24/h3-10H,1-2H3,(H2,19,21,27)/b20-11-. The molecule has 0 atom stereocenters. The van der Waals surface area contributed by atoms with Crippen molar-refractivity contribution in [2.24, 2.45) is 5.10 Å². The lowest BCUT2D eigenvalue weighted by atomic mass is 10.2. The molecule has 0 saturated carbocycles. The van der Waals surface area contributed by atoms with Crippen molar-refractivity contribution in [1.82, 2.24) is 5.43 Å². The molecule has 2 aromatic carbocycles. The normalized spacial score (nSPS) is 11.3. The Morgan fingerprint density at radius 3 is 2.78 bits per heavy atom. The van der Waals surface area contributed by atoms with Crippen LogP contribution >= 0.6 is 12.2 Å². The predicted molar refractivity (Wildman–Crippen MR) is 107 cm³/mol. The molecule has 1 heterocycles. The van der Waals surface area contributed by atoms with Crippen LogP contribution in [0.1, 0.15) is 12.7 Å². The summed E-state index contributed by atoms with van der Waals surface area (Å²) in [5, 5.41) is 19.0. The highest BCUT2D eigenvalue weighted by atomic mass is 32.1. The third-order valence-corrected chi connectivity index (χ3v) is 3.95. The number of nitro groups is 1. The van der Waals surface area contributed by atoms with E-state index in [4.69, 9.17) is 21.4 Å². The van der Waals surface area contributed by atoms with Crippen LogP contribution < -0.4 is 15.5 Å². The van der Waals surface area contributed by atoms with Crippen LogP contribution in [0.3, 0.4) is 0 Å². The number of methoxy groups -OCH3 is 1. The van der Waals surface area contributed by atoms with Gasteiger partial charge in [0.2, 0.25) is 0 Å². The maximum absolute atomic E-state index is 11.0. The number of nitro benzene ring substituents is 1. The first-order valence-electron chi connectivity index (χ1n) is 7.91. The number of fused-ring (bicyclic) bond motifs is 1. The Morgan fingerprint density at radius 1 is 1.26 bits per heavy atom. The van der Waals surface area contributed by atoms with Crippen molar-refractivity contribution in [2.75, 3.05) is 12.4 Å². The van der Waals surface area contributed by atoms with E-state index in [1.54, 1.807) is 32.2 Å². The van der Waals surface area contributed by atoms with E-state index in [1.807, 2.05) is 24.3 Å². The summed E-state index contributed by atoms with van der Waals surface area (Å²) in [7, 11) is 1.58. The van der Waals surface area contributed by atoms with Gasteiger partial charge in [-0.25, -0.2) is 0 Å². The van der Waals surface area contributed by atoms with Crippen LogP contribution in [0.4, 0.5) is 11.4 Å². The van der Waals surface area contributed by atoms with E-state index in [-0.39, 0.29) is 16.5 Å². The Kier molecular flexibility index (Phi) is 5.32. The lowest BCUT2D eigenvalue weighted by Crippen LogP contribution is -2.25. The molecule has 9 heteroatoms. The molecule has 0 aliphatic rings. The molecular weight excluding hydrogens is 368 g/mol. The van der Waals surface area contributed by atoms with Gasteiger partial charge in [0.25, 0.3) is 5.69 Å². The van der Waals surface area contributed by atoms with Gasteiger partial charge < -0.3 is 14.5 Å². The minimum atomic E-state index is -0.485. The molecule has 0 fully saturated rings. The molecular formula is C18H16N4O4S. The van der Waals surface area contributed by atoms with Gasteiger partial charge in [-0.15, -0.1) is 0 Å². The summed E-state index contributed by atoms with van der Waals surface area (Å²) in [5.74, 6) is 1.18. The number of hydrogen-bond donors (Lipinski definition) is 2. The molecule has 0 aliphatic heterocycles. The number of hydrazone groups is 1. The predicted octanol–water partition coefficient (Wildman–Crippen LogP) is 4.06. The Labute approximate surface area is 160 Å². The SMILES string of the molecule is COc1cccc2cc(/C(C)=N\NC(=S)Nc3ccccc3[N+](=O)[O-])oc12. The molecule has 0 spiro atoms. The third-order valence-electron chi connectivity index (χ3n) is 3.76. The second kappa shape index (κ2) is 7.83. The van der Waals surface area contributed by atoms with Crippen molar-refractivity contribution >= 4 is 45.4 Å². The minimum Gasteiger partial charge on any atom is -0.493 e. The van der Waals surface area contributed by atoms with Crippen molar-refractivity contribution < 1.29 is 14.1 Å². The summed E-state index contributed by atoms with van der Waals surface area (Å²) in [6.45, 7) is 1.75. The van der Waals surface area contributed by atoms with Gasteiger partial charge in [-0.2, -0.15) is 5.10 Å². The van der Waals surface area contributed by atoms with Gasteiger partial charge >= 0.3 is 0 Å². The molecule has 8 nitrogen and oxygen atoms in total. The van der Waals surface area contributed by atoms with E-state index in [1.165, 1.54) is 6.07 Å². The fourth-order valence-corrected chi connectivity index (χ4v) is 2.61. The van der Waals surface area contributed by atoms with Gasteiger partial charge in [0.1, 0.15) is 11.4 Å². The Morgan fingerprint density at radius 2 is 2.04 bits per heavy atom. The fraction of sp³-hybridized carbons (Fsp3) is 0.111. The number of ether oxygens (including phenoxy) is 1. The average Bonchev–Trinajstić information content (AvgIpc) is 3.10. The van der Waals surface area contributed by atoms with Crippen LogP contribution in [-0.2, 0) is 0 Å². The zero-order valence-corrected chi connectivity index (χ0v) is 15.4. The quantitative estimate of drug-likeness (QED) is 0.296. The molecule has 0 saturated heterocycles. The van der Waals surface area contributed by atoms with Crippen molar-refractivity contribution in [3.05, 3.63) is 64.4 Å². The summed E-state index contributed by atoms with van der Waals surface area (Å²) in [5.41, 5.74) is 4.05. The van der Waals surface area contributed by atoms with Crippen LogP contribution in [0.25, 0.3) is 11.0 Å². The summed E-state index contributed by atoms with van der Waals surface area (Å²) < 4.78 is 11.1. The van der Waals surface area contributed by atoms with E-state index in [0.717, 1.165) is 5.39 Å². The first-order valence-corrected chi connectivity index (χ1v) is 8.32. The number of thiocarbonyl (C=S) groups is 1. The van der Waals surface area contributed by atoms with Gasteiger partial charge in [0.05, 0.1) is 12.0 Å². The Balaban J connectivity index is 1.74. The van der Waals surface area contributed by atoms with Crippen molar-refractivity contribution in [1.29, 1.82) is 0 Å². The third kappa shape index (κ3) is 4.04. The molecule has 2 N–H and O–H groups in total. The van der Waals surface area contributed by atoms with Gasteiger partial charge in [-0.05, 0) is 37.3 Å². The molecule has 3 aromatic rings.